The number of hydrogen-bond acceptors (Lipinski definition) is 3. The van der Waals surface area contributed by atoms with Crippen molar-refractivity contribution < 1.29 is 14.4 Å². The Morgan fingerprint density at radius 2 is 1.86 bits per heavy atom. The van der Waals surface area contributed by atoms with Gasteiger partial charge >= 0.3 is 6.03 Å². The molecule has 7 heteroatoms. The molecular formula is C21H20ClN3O3. The van der Waals surface area contributed by atoms with Crippen LogP contribution in [0.5, 0.6) is 0 Å². The zero-order chi connectivity index (χ0) is 19.9. The lowest BCUT2D eigenvalue weighted by Gasteiger charge is -2.30. The monoisotopic (exact) mass is 397 g/mol. The number of nitrogens with one attached hydrogen (secondary N) is 1. The number of carbonyl (C=O) groups excluding carboxylic acids is 3. The van der Waals surface area contributed by atoms with Crippen LogP contribution in [0, 0.1) is 0 Å². The Balaban J connectivity index is 1.56. The van der Waals surface area contributed by atoms with Crippen LogP contribution in [0.4, 0.5) is 10.5 Å². The van der Waals surface area contributed by atoms with E-state index in [1.807, 2.05) is 24.3 Å². The van der Waals surface area contributed by atoms with Crippen molar-refractivity contribution in [1.82, 2.24) is 10.2 Å². The first-order valence-corrected chi connectivity index (χ1v) is 9.56. The summed E-state index contributed by atoms with van der Waals surface area (Å²) in [6, 6.07) is 13.9. The molecule has 2 aliphatic rings. The third kappa shape index (κ3) is 3.03. The summed E-state index contributed by atoms with van der Waals surface area (Å²) in [4.78, 5) is 41.1. The summed E-state index contributed by atoms with van der Waals surface area (Å²) < 4.78 is 0. The number of benzene rings is 2. The number of rotatable bonds is 3. The minimum Gasteiger partial charge on any atom is -0.319 e. The van der Waals surface area contributed by atoms with Crippen LogP contribution < -0.4 is 10.2 Å². The Kier molecular flexibility index (Phi) is 4.59. The molecule has 1 N–H and O–H groups in total. The number of anilines is 1. The van der Waals surface area contributed by atoms with Crippen molar-refractivity contribution in [1.29, 1.82) is 0 Å². The van der Waals surface area contributed by atoms with Crippen LogP contribution >= 0.6 is 11.6 Å². The van der Waals surface area contributed by atoms with Crippen LogP contribution in [-0.2, 0) is 21.5 Å². The lowest BCUT2D eigenvalue weighted by molar-refractivity contribution is -0.134. The Morgan fingerprint density at radius 1 is 1.14 bits per heavy atom. The second-order valence-corrected chi connectivity index (χ2v) is 7.67. The fourth-order valence-corrected chi connectivity index (χ4v) is 3.96. The standard InChI is InChI=1S/C21H20ClN3O3/c1-21(15-8-10-16(22)11-9-15)19(27)25(20(28)23-21)13-18(26)24-12-4-6-14-5-2-3-7-17(14)24/h2-3,5,7-11H,4,6,12-13H2,1H3,(H,23,28)/t21-/m1/s1. The zero-order valence-electron chi connectivity index (χ0n) is 15.4. The van der Waals surface area contributed by atoms with Gasteiger partial charge in [-0.25, -0.2) is 4.79 Å². The molecule has 0 saturated carbocycles. The molecular weight excluding hydrogens is 378 g/mol. The molecule has 0 aromatic heterocycles. The van der Waals surface area contributed by atoms with Crippen LogP contribution in [0.1, 0.15) is 24.5 Å². The molecule has 0 bridgehead atoms. The molecule has 1 fully saturated rings. The van der Waals surface area contributed by atoms with E-state index in [9.17, 15) is 14.4 Å². The van der Waals surface area contributed by atoms with E-state index >= 15 is 0 Å². The van der Waals surface area contributed by atoms with Crippen molar-refractivity contribution in [2.24, 2.45) is 0 Å². The number of carbonyl (C=O) groups is 3. The van der Waals surface area contributed by atoms with Gasteiger partial charge in [0.05, 0.1) is 0 Å². The molecule has 0 radical (unpaired) electrons. The van der Waals surface area contributed by atoms with Gasteiger partial charge in [0.25, 0.3) is 5.91 Å². The van der Waals surface area contributed by atoms with E-state index in [-0.39, 0.29) is 12.5 Å². The highest BCUT2D eigenvalue weighted by Crippen LogP contribution is 2.31. The maximum atomic E-state index is 13.0. The molecule has 2 aromatic carbocycles. The van der Waals surface area contributed by atoms with Gasteiger partial charge in [0.2, 0.25) is 5.91 Å². The third-order valence-electron chi connectivity index (χ3n) is 5.40. The number of hydrogen-bond donors (Lipinski definition) is 1. The number of amides is 4. The highest BCUT2D eigenvalue weighted by Gasteiger charge is 2.49. The Bertz CT molecular complexity index is 960. The SMILES string of the molecule is C[C@]1(c2ccc(Cl)cc2)NC(=O)N(CC(=O)N2CCCc3ccccc32)C1=O. The predicted molar refractivity (Wildman–Crippen MR) is 106 cm³/mol. The molecule has 2 aromatic rings. The molecule has 4 rings (SSSR count). The van der Waals surface area contributed by atoms with Gasteiger partial charge in [-0.2, -0.15) is 0 Å². The maximum absolute atomic E-state index is 13.0. The molecule has 2 aliphatic heterocycles. The molecule has 0 spiro atoms. The van der Waals surface area contributed by atoms with E-state index < -0.39 is 17.5 Å². The summed E-state index contributed by atoms with van der Waals surface area (Å²) in [5.74, 6) is -0.713. The van der Waals surface area contributed by atoms with Crippen molar-refractivity contribution >= 4 is 35.1 Å². The van der Waals surface area contributed by atoms with Crippen LogP contribution in [0.3, 0.4) is 0 Å². The minimum atomic E-state index is -1.22. The largest absolute Gasteiger partial charge is 0.325 e. The van der Waals surface area contributed by atoms with Gasteiger partial charge in [0.1, 0.15) is 12.1 Å². The van der Waals surface area contributed by atoms with Crippen LogP contribution in [0.2, 0.25) is 5.02 Å². The topological polar surface area (TPSA) is 69.7 Å². The van der Waals surface area contributed by atoms with Crippen molar-refractivity contribution in [2.75, 3.05) is 18.0 Å². The lowest BCUT2D eigenvalue weighted by atomic mass is 9.92. The van der Waals surface area contributed by atoms with Gasteiger partial charge < -0.3 is 10.2 Å². The highest BCUT2D eigenvalue weighted by molar-refractivity contribution is 6.30. The maximum Gasteiger partial charge on any atom is 0.325 e. The van der Waals surface area contributed by atoms with Gasteiger partial charge in [0, 0.05) is 17.3 Å². The summed E-state index contributed by atoms with van der Waals surface area (Å²) in [5.41, 5.74) is 1.35. The number of imide groups is 1. The fourth-order valence-electron chi connectivity index (χ4n) is 3.83. The quantitative estimate of drug-likeness (QED) is 0.809. The summed E-state index contributed by atoms with van der Waals surface area (Å²) >= 11 is 5.92. The lowest BCUT2D eigenvalue weighted by Crippen LogP contribution is -2.46. The number of halogens is 1. The first kappa shape index (κ1) is 18.5. The van der Waals surface area contributed by atoms with Gasteiger partial charge in [-0.15, -0.1) is 0 Å². The molecule has 2 heterocycles. The van der Waals surface area contributed by atoms with E-state index in [0.29, 0.717) is 17.1 Å². The van der Waals surface area contributed by atoms with Crippen LogP contribution in [0.25, 0.3) is 0 Å². The number of urea groups is 1. The first-order valence-electron chi connectivity index (χ1n) is 9.18. The van der Waals surface area contributed by atoms with E-state index in [4.69, 9.17) is 11.6 Å². The second kappa shape index (κ2) is 6.95. The smallest absolute Gasteiger partial charge is 0.319 e. The summed E-state index contributed by atoms with van der Waals surface area (Å²) in [6.45, 7) is 1.92. The average Bonchev–Trinajstić information content (AvgIpc) is 2.92. The summed E-state index contributed by atoms with van der Waals surface area (Å²) in [6.07, 6.45) is 1.77. The van der Waals surface area contributed by atoms with Gasteiger partial charge in [-0.1, -0.05) is 41.9 Å². The molecule has 0 unspecified atom stereocenters. The average molecular weight is 398 g/mol. The van der Waals surface area contributed by atoms with Crippen LogP contribution in [0.15, 0.2) is 48.5 Å². The summed E-state index contributed by atoms with van der Waals surface area (Å²) in [5, 5.41) is 3.26. The number of aryl methyl sites for hydroxylation is 1. The van der Waals surface area contributed by atoms with E-state index in [0.717, 1.165) is 29.0 Å². The van der Waals surface area contributed by atoms with E-state index in [1.54, 1.807) is 36.1 Å². The summed E-state index contributed by atoms with van der Waals surface area (Å²) in [7, 11) is 0. The minimum absolute atomic E-state index is 0.268. The number of para-hydroxylation sites is 1. The number of fused-ring (bicyclic) bond motifs is 1. The Hall–Kier alpha value is -2.86. The van der Waals surface area contributed by atoms with E-state index in [1.165, 1.54) is 0 Å². The zero-order valence-corrected chi connectivity index (χ0v) is 16.2. The van der Waals surface area contributed by atoms with Crippen LogP contribution in [-0.4, -0.2) is 35.8 Å². The van der Waals surface area contributed by atoms with Gasteiger partial charge in [-0.3, -0.25) is 14.5 Å². The molecule has 0 aliphatic carbocycles. The van der Waals surface area contributed by atoms with Crippen molar-refractivity contribution in [3.63, 3.8) is 0 Å². The predicted octanol–water partition coefficient (Wildman–Crippen LogP) is 3.09. The second-order valence-electron chi connectivity index (χ2n) is 7.23. The fraction of sp³-hybridized carbons (Fsp3) is 0.286. The Labute approximate surface area is 168 Å². The highest BCUT2D eigenvalue weighted by atomic mass is 35.5. The van der Waals surface area contributed by atoms with E-state index in [2.05, 4.69) is 5.32 Å². The normalized spacial score (nSPS) is 21.5. The van der Waals surface area contributed by atoms with Crippen molar-refractivity contribution in [3.8, 4) is 0 Å². The molecule has 6 nitrogen and oxygen atoms in total. The third-order valence-corrected chi connectivity index (χ3v) is 5.65. The van der Waals surface area contributed by atoms with Crippen molar-refractivity contribution in [2.45, 2.75) is 25.3 Å². The molecule has 4 amide bonds. The molecule has 1 atom stereocenters. The molecule has 28 heavy (non-hydrogen) atoms. The Morgan fingerprint density at radius 3 is 2.61 bits per heavy atom. The molecule has 1 saturated heterocycles. The van der Waals surface area contributed by atoms with Gasteiger partial charge in [0.15, 0.2) is 0 Å². The molecule has 144 valence electrons. The number of nitrogens with zero attached hydrogens (tertiary/aromatic N) is 2. The first-order chi connectivity index (χ1) is 13.4. The van der Waals surface area contributed by atoms with Gasteiger partial charge in [-0.05, 0) is 49.1 Å². The van der Waals surface area contributed by atoms with Crippen molar-refractivity contribution in [3.05, 3.63) is 64.7 Å².